The van der Waals surface area contributed by atoms with Crippen LogP contribution < -0.4 is 5.32 Å². The molecule has 3 atom stereocenters. The van der Waals surface area contributed by atoms with Crippen LogP contribution in [0.1, 0.15) is 94.0 Å². The lowest BCUT2D eigenvalue weighted by atomic mass is 9.82. The van der Waals surface area contributed by atoms with Gasteiger partial charge >= 0.3 is 0 Å². The third-order valence-electron chi connectivity index (χ3n) is 8.72. The molecule has 218 valence electrons. The summed E-state index contributed by atoms with van der Waals surface area (Å²) in [7, 11) is 0. The number of nitrogens with zero attached hydrogens (tertiary/aromatic N) is 2. The van der Waals surface area contributed by atoms with Gasteiger partial charge in [-0.15, -0.1) is 0 Å². The van der Waals surface area contributed by atoms with Crippen LogP contribution in [0.25, 0.3) is 0 Å². The van der Waals surface area contributed by atoms with E-state index in [9.17, 15) is 14.0 Å². The topological polar surface area (TPSA) is 52.7 Å². The molecule has 2 aliphatic rings. The van der Waals surface area contributed by atoms with Gasteiger partial charge in [0.15, 0.2) is 0 Å². The lowest BCUT2D eigenvalue weighted by Gasteiger charge is -2.36. The molecule has 0 radical (unpaired) electrons. The second kappa shape index (κ2) is 12.2. The van der Waals surface area contributed by atoms with E-state index in [1.807, 2.05) is 17.9 Å². The summed E-state index contributed by atoms with van der Waals surface area (Å²) in [6, 6.07) is 8.02. The minimum atomic E-state index is -0.372. The number of hydrogen-bond donors (Lipinski definition) is 1. The number of carbonyl (C=O) groups is 2. The highest BCUT2D eigenvalue weighted by atomic mass is 35.5. The zero-order valence-corrected chi connectivity index (χ0v) is 25.2. The van der Waals surface area contributed by atoms with Crippen LogP contribution in [0.2, 0.25) is 5.02 Å². The van der Waals surface area contributed by atoms with Gasteiger partial charge in [0, 0.05) is 49.6 Å². The smallest absolute Gasteiger partial charge is 0.227 e. The van der Waals surface area contributed by atoms with Crippen molar-refractivity contribution in [3.8, 4) is 0 Å². The molecule has 4 rings (SSSR count). The lowest BCUT2D eigenvalue weighted by molar-refractivity contribution is -0.136. The molecule has 2 aromatic rings. The van der Waals surface area contributed by atoms with Crippen molar-refractivity contribution in [2.45, 2.75) is 84.2 Å². The van der Waals surface area contributed by atoms with Crippen molar-refractivity contribution in [3.05, 3.63) is 69.2 Å². The molecule has 0 saturated carbocycles. The zero-order chi connectivity index (χ0) is 29.4. The van der Waals surface area contributed by atoms with Crippen molar-refractivity contribution in [3.63, 3.8) is 0 Å². The molecule has 0 aromatic heterocycles. The Morgan fingerprint density at radius 3 is 2.30 bits per heavy atom. The average molecular weight is 574 g/mol. The third-order valence-corrected chi connectivity index (χ3v) is 8.95. The number of halogens is 3. The van der Waals surface area contributed by atoms with E-state index in [0.717, 1.165) is 11.1 Å². The van der Waals surface area contributed by atoms with Crippen molar-refractivity contribution in [2.75, 3.05) is 26.2 Å². The monoisotopic (exact) mass is 573 g/mol. The van der Waals surface area contributed by atoms with Gasteiger partial charge < -0.3 is 10.2 Å². The van der Waals surface area contributed by atoms with Crippen LogP contribution in [-0.2, 0) is 9.59 Å². The molecule has 2 amide bonds. The maximum atomic E-state index is 15.0. The SMILES string of the molecule is CC[C@H](NC(C)=O)c1cc(C)c(F)cc1C1CCN(C(=O)C2CN(C(C)(C)C)C[C@H]2c2ccc(Cl)cc2F)CC1. The number of likely N-dealkylation sites (tertiary alicyclic amines) is 2. The Hall–Kier alpha value is -2.51. The molecule has 2 fully saturated rings. The van der Waals surface area contributed by atoms with Crippen LogP contribution in [0.3, 0.4) is 0 Å². The van der Waals surface area contributed by atoms with Gasteiger partial charge in [-0.3, -0.25) is 14.5 Å². The van der Waals surface area contributed by atoms with Gasteiger partial charge in [-0.05, 0) is 93.3 Å². The molecular formula is C32H42ClF2N3O2. The first-order chi connectivity index (χ1) is 18.8. The summed E-state index contributed by atoms with van der Waals surface area (Å²) in [4.78, 5) is 30.0. The van der Waals surface area contributed by atoms with Gasteiger partial charge in [0.2, 0.25) is 11.8 Å². The Balaban J connectivity index is 1.55. The summed E-state index contributed by atoms with van der Waals surface area (Å²) in [5.74, 6) is -1.24. The van der Waals surface area contributed by atoms with Gasteiger partial charge in [0.25, 0.3) is 0 Å². The second-order valence-corrected chi connectivity index (χ2v) is 12.9. The number of amides is 2. The van der Waals surface area contributed by atoms with E-state index in [1.165, 1.54) is 13.0 Å². The van der Waals surface area contributed by atoms with Gasteiger partial charge in [-0.1, -0.05) is 30.7 Å². The molecule has 1 unspecified atom stereocenters. The van der Waals surface area contributed by atoms with Gasteiger partial charge in [0.1, 0.15) is 11.6 Å². The van der Waals surface area contributed by atoms with Gasteiger partial charge in [-0.2, -0.15) is 0 Å². The number of nitrogens with one attached hydrogen (secondary N) is 1. The Bertz CT molecular complexity index is 1250. The Labute approximate surface area is 242 Å². The molecule has 0 aliphatic carbocycles. The molecule has 1 N–H and O–H groups in total. The predicted octanol–water partition coefficient (Wildman–Crippen LogP) is 6.73. The number of rotatable bonds is 6. The van der Waals surface area contributed by atoms with E-state index >= 15 is 4.39 Å². The zero-order valence-electron chi connectivity index (χ0n) is 24.5. The molecule has 0 spiro atoms. The molecule has 8 heteroatoms. The first kappa shape index (κ1) is 30.4. The van der Waals surface area contributed by atoms with Crippen LogP contribution in [0.4, 0.5) is 8.78 Å². The number of piperidine rings is 1. The standard InChI is InChI=1S/C32H42ClF2N3O2/c1-7-30(36-20(3)39)25-14-19(2)28(34)16-24(25)21-10-12-37(13-11-21)31(40)27-18-38(32(4,5)6)17-26(27)23-9-8-22(33)15-29(23)35/h8-9,14-16,21,26-27,30H,7,10-13,17-18H2,1-6H3,(H,36,39)/t26-,27?,30-/m0/s1. The van der Waals surface area contributed by atoms with Crippen molar-refractivity contribution in [2.24, 2.45) is 5.92 Å². The quantitative estimate of drug-likeness (QED) is 0.417. The van der Waals surface area contributed by atoms with Crippen molar-refractivity contribution in [1.29, 1.82) is 0 Å². The number of carbonyl (C=O) groups excluding carboxylic acids is 2. The first-order valence-electron chi connectivity index (χ1n) is 14.4. The van der Waals surface area contributed by atoms with E-state index < -0.39 is 0 Å². The molecule has 2 heterocycles. The van der Waals surface area contributed by atoms with E-state index in [-0.39, 0.29) is 52.8 Å². The largest absolute Gasteiger partial charge is 0.350 e. The number of benzene rings is 2. The van der Waals surface area contributed by atoms with Crippen molar-refractivity contribution < 1.29 is 18.4 Å². The van der Waals surface area contributed by atoms with Gasteiger partial charge in [0.05, 0.1) is 12.0 Å². The highest BCUT2D eigenvalue weighted by molar-refractivity contribution is 6.30. The second-order valence-electron chi connectivity index (χ2n) is 12.4. The Kier molecular flexibility index (Phi) is 9.25. The maximum absolute atomic E-state index is 15.0. The van der Waals surface area contributed by atoms with E-state index in [0.29, 0.717) is 61.6 Å². The van der Waals surface area contributed by atoms with Crippen LogP contribution in [0.5, 0.6) is 0 Å². The minimum Gasteiger partial charge on any atom is -0.350 e. The molecule has 2 aliphatic heterocycles. The molecule has 5 nitrogen and oxygen atoms in total. The van der Waals surface area contributed by atoms with E-state index in [4.69, 9.17) is 11.6 Å². The van der Waals surface area contributed by atoms with Gasteiger partial charge in [-0.25, -0.2) is 8.78 Å². The highest BCUT2D eigenvalue weighted by Crippen LogP contribution is 2.41. The van der Waals surface area contributed by atoms with Crippen LogP contribution in [0.15, 0.2) is 30.3 Å². The predicted molar refractivity (Wildman–Crippen MR) is 156 cm³/mol. The summed E-state index contributed by atoms with van der Waals surface area (Å²) >= 11 is 6.02. The van der Waals surface area contributed by atoms with Crippen molar-refractivity contribution >= 4 is 23.4 Å². The van der Waals surface area contributed by atoms with Crippen LogP contribution in [0, 0.1) is 24.5 Å². The summed E-state index contributed by atoms with van der Waals surface area (Å²) in [6.07, 6.45) is 2.10. The average Bonchev–Trinajstić information content (AvgIpc) is 3.34. The Morgan fingerprint density at radius 2 is 1.73 bits per heavy atom. The third kappa shape index (κ3) is 6.52. The molecule has 2 saturated heterocycles. The Morgan fingerprint density at radius 1 is 1.05 bits per heavy atom. The number of aryl methyl sites for hydroxylation is 1. The normalized spacial score (nSPS) is 21.5. The molecule has 2 aromatic carbocycles. The fraction of sp³-hybridized carbons (Fsp3) is 0.562. The molecule has 40 heavy (non-hydrogen) atoms. The van der Waals surface area contributed by atoms with Crippen molar-refractivity contribution in [1.82, 2.24) is 15.1 Å². The summed E-state index contributed by atoms with van der Waals surface area (Å²) < 4.78 is 29.8. The fourth-order valence-corrected chi connectivity index (χ4v) is 6.54. The highest BCUT2D eigenvalue weighted by Gasteiger charge is 2.44. The molecule has 0 bridgehead atoms. The lowest BCUT2D eigenvalue weighted by Crippen LogP contribution is -2.44. The maximum Gasteiger partial charge on any atom is 0.227 e. The summed E-state index contributed by atoms with van der Waals surface area (Å²) in [6.45, 7) is 13.9. The van der Waals surface area contributed by atoms with Crippen LogP contribution in [-0.4, -0.2) is 53.3 Å². The fourth-order valence-electron chi connectivity index (χ4n) is 6.38. The summed E-state index contributed by atoms with van der Waals surface area (Å²) in [5.41, 5.74) is 2.81. The van der Waals surface area contributed by atoms with E-state index in [1.54, 1.807) is 25.1 Å². The number of hydrogen-bond acceptors (Lipinski definition) is 3. The van der Waals surface area contributed by atoms with Crippen LogP contribution >= 0.6 is 11.6 Å². The molecular weight excluding hydrogens is 532 g/mol. The minimum absolute atomic E-state index is 0.0459. The van der Waals surface area contributed by atoms with E-state index in [2.05, 4.69) is 31.0 Å². The first-order valence-corrected chi connectivity index (χ1v) is 14.7. The summed E-state index contributed by atoms with van der Waals surface area (Å²) in [5, 5.41) is 3.35.